The number of hydrogen-bond acceptors (Lipinski definition) is 5. The molecule has 0 aliphatic carbocycles. The number of allylic oxidation sites excluding steroid dienone is 1. The van der Waals surface area contributed by atoms with Gasteiger partial charge in [0.2, 0.25) is 5.52 Å². The van der Waals surface area contributed by atoms with Crippen LogP contribution in [0.25, 0.3) is 26.4 Å². The number of thiazole rings is 1. The smallest absolute Gasteiger partial charge is 0.420 e. The maximum atomic E-state index is 12.9. The van der Waals surface area contributed by atoms with Gasteiger partial charge in [0.05, 0.1) is 28.5 Å². The van der Waals surface area contributed by atoms with Crippen molar-refractivity contribution >= 4 is 56.6 Å². The summed E-state index contributed by atoms with van der Waals surface area (Å²) in [4.78, 5) is 31.3. The summed E-state index contributed by atoms with van der Waals surface area (Å²) in [6.45, 7) is 1.93. The van der Waals surface area contributed by atoms with E-state index in [9.17, 15) is 14.7 Å². The number of anilines is 1. The molecule has 1 aliphatic heterocycles. The van der Waals surface area contributed by atoms with Gasteiger partial charge in [0.25, 0.3) is 5.01 Å². The van der Waals surface area contributed by atoms with Gasteiger partial charge in [0.1, 0.15) is 4.70 Å². The SMILES string of the molecule is Cc1cc2c3c(c1)sc(-c1ccc(N=Cc4ccc(N(C)C)cc4)cc1)[n+]3C(=O)C=C2C(=O)O. The van der Waals surface area contributed by atoms with Gasteiger partial charge in [-0.15, -0.1) is 4.57 Å². The number of aliphatic carboxylic acids is 1. The van der Waals surface area contributed by atoms with Gasteiger partial charge in [0, 0.05) is 26.0 Å². The third kappa shape index (κ3) is 3.80. The third-order valence-corrected chi connectivity index (χ3v) is 6.89. The Balaban J connectivity index is 1.49. The van der Waals surface area contributed by atoms with Crippen molar-refractivity contribution in [3.63, 3.8) is 0 Å². The zero-order valence-electron chi connectivity index (χ0n) is 18.9. The first-order valence-corrected chi connectivity index (χ1v) is 11.5. The number of carbonyl (C=O) groups excluding carboxylic acids is 1. The number of aliphatic imine (C=N–C) groups is 1. The fourth-order valence-corrected chi connectivity index (χ4v) is 5.33. The molecule has 0 atom stereocenters. The third-order valence-electron chi connectivity index (χ3n) is 5.75. The van der Waals surface area contributed by atoms with Crippen LogP contribution in [0.2, 0.25) is 0 Å². The molecular formula is C27H22N3O3S+. The fraction of sp³-hybridized carbons (Fsp3) is 0.111. The number of carbonyl (C=O) groups is 2. The molecule has 0 spiro atoms. The molecule has 4 aromatic rings. The molecule has 1 aliphatic rings. The Hall–Kier alpha value is -4.10. The van der Waals surface area contributed by atoms with E-state index in [1.54, 1.807) is 4.57 Å². The van der Waals surface area contributed by atoms with Gasteiger partial charge in [-0.1, -0.05) is 23.5 Å². The Kier molecular flexibility index (Phi) is 5.34. The van der Waals surface area contributed by atoms with Crippen LogP contribution in [0.15, 0.2) is 71.7 Å². The van der Waals surface area contributed by atoms with Crippen LogP contribution in [0.3, 0.4) is 0 Å². The molecule has 34 heavy (non-hydrogen) atoms. The molecule has 2 heterocycles. The van der Waals surface area contributed by atoms with E-state index >= 15 is 0 Å². The van der Waals surface area contributed by atoms with E-state index in [1.807, 2.05) is 92.8 Å². The minimum absolute atomic E-state index is 0.0337. The Morgan fingerprint density at radius 1 is 1.06 bits per heavy atom. The van der Waals surface area contributed by atoms with Crippen molar-refractivity contribution in [1.29, 1.82) is 0 Å². The lowest BCUT2D eigenvalue weighted by Crippen LogP contribution is -2.44. The first-order valence-electron chi connectivity index (χ1n) is 10.7. The van der Waals surface area contributed by atoms with E-state index in [0.717, 1.165) is 37.8 Å². The van der Waals surface area contributed by atoms with Gasteiger partial charge >= 0.3 is 11.9 Å². The van der Waals surface area contributed by atoms with Gasteiger partial charge in [-0.05, 0) is 66.6 Å². The molecule has 1 N–H and O–H groups in total. The highest BCUT2D eigenvalue weighted by Crippen LogP contribution is 2.36. The Morgan fingerprint density at radius 2 is 1.76 bits per heavy atom. The van der Waals surface area contributed by atoms with Gasteiger partial charge < -0.3 is 10.0 Å². The Labute approximate surface area is 200 Å². The predicted molar refractivity (Wildman–Crippen MR) is 136 cm³/mol. The highest BCUT2D eigenvalue weighted by molar-refractivity contribution is 7.21. The number of aromatic nitrogens is 1. The number of carboxylic acid groups (broad SMARTS) is 1. The van der Waals surface area contributed by atoms with Crippen LogP contribution < -0.4 is 9.47 Å². The first-order chi connectivity index (χ1) is 16.3. The largest absolute Gasteiger partial charge is 0.478 e. The van der Waals surface area contributed by atoms with Gasteiger partial charge in [-0.25, -0.2) is 9.59 Å². The van der Waals surface area contributed by atoms with E-state index in [2.05, 4.69) is 4.99 Å². The van der Waals surface area contributed by atoms with Crippen LogP contribution in [0.4, 0.5) is 11.4 Å². The summed E-state index contributed by atoms with van der Waals surface area (Å²) < 4.78 is 2.50. The molecule has 0 fully saturated rings. The number of benzene rings is 3. The van der Waals surface area contributed by atoms with Crippen LogP contribution in [-0.2, 0) is 4.79 Å². The maximum absolute atomic E-state index is 12.9. The van der Waals surface area contributed by atoms with Crippen molar-refractivity contribution in [2.24, 2.45) is 4.99 Å². The summed E-state index contributed by atoms with van der Waals surface area (Å²) in [6, 6.07) is 19.7. The topological polar surface area (TPSA) is 73.8 Å². The van der Waals surface area contributed by atoms with Gasteiger partial charge in [-0.2, -0.15) is 0 Å². The quantitative estimate of drug-likeness (QED) is 0.327. The van der Waals surface area contributed by atoms with Crippen LogP contribution in [0, 0.1) is 6.92 Å². The van der Waals surface area contributed by atoms with E-state index in [0.29, 0.717) is 11.1 Å². The molecule has 168 valence electrons. The van der Waals surface area contributed by atoms with Crippen molar-refractivity contribution in [3.8, 4) is 10.6 Å². The van der Waals surface area contributed by atoms with E-state index in [4.69, 9.17) is 0 Å². The lowest BCUT2D eigenvalue weighted by molar-refractivity contribution is -0.526. The molecule has 7 heteroatoms. The van der Waals surface area contributed by atoms with Crippen LogP contribution in [-0.4, -0.2) is 37.3 Å². The molecule has 0 radical (unpaired) electrons. The molecule has 6 nitrogen and oxygen atoms in total. The van der Waals surface area contributed by atoms with Crippen LogP contribution in [0.1, 0.15) is 21.5 Å². The van der Waals surface area contributed by atoms with Crippen molar-refractivity contribution < 1.29 is 19.3 Å². The zero-order valence-corrected chi connectivity index (χ0v) is 19.8. The summed E-state index contributed by atoms with van der Waals surface area (Å²) in [6.07, 6.45) is 3.03. The van der Waals surface area contributed by atoms with Crippen molar-refractivity contribution in [3.05, 3.63) is 83.4 Å². The molecule has 5 rings (SSSR count). The maximum Gasteiger partial charge on any atom is 0.420 e. The second-order valence-corrected chi connectivity index (χ2v) is 9.42. The van der Waals surface area contributed by atoms with Gasteiger partial charge in [0.15, 0.2) is 0 Å². The minimum atomic E-state index is -1.10. The summed E-state index contributed by atoms with van der Waals surface area (Å²) >= 11 is 1.48. The number of rotatable bonds is 5. The Bertz CT molecular complexity index is 1510. The molecular weight excluding hydrogens is 446 g/mol. The van der Waals surface area contributed by atoms with E-state index < -0.39 is 5.97 Å². The Morgan fingerprint density at radius 3 is 2.41 bits per heavy atom. The number of hydrogen-bond donors (Lipinski definition) is 1. The highest BCUT2D eigenvalue weighted by atomic mass is 32.1. The molecule has 0 unspecified atom stereocenters. The lowest BCUT2D eigenvalue weighted by atomic mass is 9.99. The van der Waals surface area contributed by atoms with Crippen LogP contribution in [0.5, 0.6) is 0 Å². The monoisotopic (exact) mass is 468 g/mol. The standard InChI is InChI=1S/C27H21N3O3S/c1-16-12-21-22(27(32)33)14-24(31)30-25(21)23(13-16)34-26(30)18-6-8-19(9-7-18)28-15-17-4-10-20(11-5-17)29(2)3/h4-15H,1-3H3/p+1. The average molecular weight is 469 g/mol. The summed E-state index contributed by atoms with van der Waals surface area (Å²) in [5, 5.41) is 10.4. The highest BCUT2D eigenvalue weighted by Gasteiger charge is 2.36. The predicted octanol–water partition coefficient (Wildman–Crippen LogP) is 5.10. The number of nitrogens with zero attached hydrogens (tertiary/aromatic N) is 3. The van der Waals surface area contributed by atoms with Crippen LogP contribution >= 0.6 is 11.3 Å². The molecule has 0 saturated carbocycles. The summed E-state index contributed by atoms with van der Waals surface area (Å²) in [5.41, 5.74) is 6.03. The second kappa shape index (κ2) is 8.35. The molecule has 0 amide bonds. The van der Waals surface area contributed by atoms with Crippen molar-refractivity contribution in [2.45, 2.75) is 6.92 Å². The molecule has 3 aromatic carbocycles. The molecule has 0 saturated heterocycles. The fourth-order valence-electron chi connectivity index (χ4n) is 4.05. The van der Waals surface area contributed by atoms with Crippen molar-refractivity contribution in [1.82, 2.24) is 0 Å². The normalized spacial score (nSPS) is 12.9. The summed E-state index contributed by atoms with van der Waals surface area (Å²) in [7, 11) is 4.01. The molecule has 0 bridgehead atoms. The second-order valence-electron chi connectivity index (χ2n) is 8.39. The first kappa shape index (κ1) is 21.7. The van der Waals surface area contributed by atoms with Gasteiger partial charge in [-0.3, -0.25) is 4.99 Å². The van der Waals surface area contributed by atoms with E-state index in [-0.39, 0.29) is 11.5 Å². The van der Waals surface area contributed by atoms with E-state index in [1.165, 1.54) is 17.4 Å². The van der Waals surface area contributed by atoms with Crippen molar-refractivity contribution in [2.75, 3.05) is 19.0 Å². The molecule has 1 aromatic heterocycles. The lowest BCUT2D eigenvalue weighted by Gasteiger charge is -2.11. The number of carboxylic acids is 1. The number of aryl methyl sites for hydroxylation is 1. The minimum Gasteiger partial charge on any atom is -0.478 e. The average Bonchev–Trinajstić information content (AvgIpc) is 3.20. The summed E-state index contributed by atoms with van der Waals surface area (Å²) in [5.74, 6) is -1.45. The zero-order chi connectivity index (χ0) is 24.0.